The normalized spacial score (nSPS) is 31.9. The molecule has 2 saturated heterocycles. The maximum atomic E-state index is 12.6. The van der Waals surface area contributed by atoms with Crippen LogP contribution in [0.25, 0.3) is 0 Å². The van der Waals surface area contributed by atoms with Crippen LogP contribution in [0.4, 0.5) is 0 Å². The van der Waals surface area contributed by atoms with E-state index in [9.17, 15) is 9.59 Å². The first-order valence-electron chi connectivity index (χ1n) is 8.47. The van der Waals surface area contributed by atoms with Gasteiger partial charge in [0.05, 0.1) is 24.8 Å². The first kappa shape index (κ1) is 17.0. The van der Waals surface area contributed by atoms with Crippen LogP contribution in [0.3, 0.4) is 0 Å². The molecule has 3 aliphatic rings. The highest BCUT2D eigenvalue weighted by Gasteiger charge is 2.56. The van der Waals surface area contributed by atoms with Gasteiger partial charge in [-0.1, -0.05) is 27.7 Å². The zero-order valence-electron chi connectivity index (χ0n) is 15.2. The summed E-state index contributed by atoms with van der Waals surface area (Å²) >= 11 is 0. The topological polar surface area (TPSA) is 76.4 Å². The maximum Gasteiger partial charge on any atom is 0.228 e. The Morgan fingerprint density at radius 3 is 2.38 bits per heavy atom. The molecule has 3 heterocycles. The summed E-state index contributed by atoms with van der Waals surface area (Å²) in [6.45, 7) is 11.8. The van der Waals surface area contributed by atoms with Crippen molar-refractivity contribution in [2.45, 2.75) is 53.0 Å². The van der Waals surface area contributed by atoms with E-state index < -0.39 is 5.54 Å². The van der Waals surface area contributed by atoms with Gasteiger partial charge in [-0.3, -0.25) is 14.5 Å². The Labute approximate surface area is 143 Å². The van der Waals surface area contributed by atoms with Crippen LogP contribution in [0, 0.1) is 22.2 Å². The average molecular weight is 330 g/mol. The molecule has 6 heteroatoms. The predicted molar refractivity (Wildman–Crippen MR) is 89.3 cm³/mol. The number of rotatable bonds is 2. The number of allylic oxidation sites excluding steroid dienone is 1. The average Bonchev–Trinajstić information content (AvgIpc) is 2.79. The van der Waals surface area contributed by atoms with Gasteiger partial charge in [-0.05, 0) is 12.5 Å². The molecule has 130 valence electrons. The fourth-order valence-corrected chi connectivity index (χ4v) is 4.47. The van der Waals surface area contributed by atoms with E-state index in [1.54, 1.807) is 0 Å². The highest BCUT2D eigenvalue weighted by atomic mass is 16.2. The van der Waals surface area contributed by atoms with Crippen molar-refractivity contribution in [2.24, 2.45) is 10.8 Å². The smallest absolute Gasteiger partial charge is 0.228 e. The number of carbonyl (C=O) groups is 2. The summed E-state index contributed by atoms with van der Waals surface area (Å²) < 4.78 is 0. The third kappa shape index (κ3) is 2.26. The number of fused-ring (bicyclic) bond motifs is 1. The van der Waals surface area contributed by atoms with Gasteiger partial charge in [-0.25, -0.2) is 0 Å². The van der Waals surface area contributed by atoms with Crippen LogP contribution in [0.1, 0.15) is 47.5 Å². The number of hydrogen-bond donors (Lipinski definition) is 1. The summed E-state index contributed by atoms with van der Waals surface area (Å²) in [7, 11) is 0. The molecule has 0 radical (unpaired) electrons. The molecule has 3 aliphatic heterocycles. The van der Waals surface area contributed by atoms with E-state index >= 15 is 0 Å². The van der Waals surface area contributed by atoms with Crippen molar-refractivity contribution >= 4 is 11.8 Å². The van der Waals surface area contributed by atoms with Crippen LogP contribution >= 0.6 is 0 Å². The van der Waals surface area contributed by atoms with Crippen molar-refractivity contribution in [3.8, 4) is 6.07 Å². The molecule has 0 aromatic heterocycles. The van der Waals surface area contributed by atoms with Crippen LogP contribution in [0.2, 0.25) is 0 Å². The van der Waals surface area contributed by atoms with Gasteiger partial charge in [0.25, 0.3) is 0 Å². The van der Waals surface area contributed by atoms with E-state index in [0.29, 0.717) is 26.1 Å². The summed E-state index contributed by atoms with van der Waals surface area (Å²) in [5.74, 6) is 0.141. The lowest BCUT2D eigenvalue weighted by Gasteiger charge is -2.47. The van der Waals surface area contributed by atoms with Gasteiger partial charge in [0.2, 0.25) is 11.8 Å². The maximum absolute atomic E-state index is 12.6. The third-order valence-electron chi connectivity index (χ3n) is 6.06. The molecule has 6 nitrogen and oxygen atoms in total. The molecule has 2 amide bonds. The zero-order valence-corrected chi connectivity index (χ0v) is 15.2. The van der Waals surface area contributed by atoms with Gasteiger partial charge in [0.15, 0.2) is 0 Å². The van der Waals surface area contributed by atoms with E-state index in [0.717, 1.165) is 11.3 Å². The first-order chi connectivity index (χ1) is 11.0. The molecular weight excluding hydrogens is 304 g/mol. The molecule has 0 bridgehead atoms. The lowest BCUT2D eigenvalue weighted by Crippen LogP contribution is -2.56. The van der Waals surface area contributed by atoms with Crippen molar-refractivity contribution in [1.82, 2.24) is 15.1 Å². The fraction of sp³-hybridized carbons (Fsp3) is 0.722. The Balaban J connectivity index is 2.18. The highest BCUT2D eigenvalue weighted by Crippen LogP contribution is 2.51. The first-order valence-corrected chi connectivity index (χ1v) is 8.47. The molecule has 3 rings (SSSR count). The molecular formula is C18H26N4O2. The SMILES string of the molecule is CC1(C)CC(=O)N2CN(CC#N)CC(C3(C)NC(=O)CC3(C)C)=C21. The Morgan fingerprint density at radius 1 is 1.17 bits per heavy atom. The molecule has 0 spiro atoms. The van der Waals surface area contributed by atoms with E-state index in [-0.39, 0.29) is 29.2 Å². The summed E-state index contributed by atoms with van der Waals surface area (Å²) in [6, 6.07) is 2.18. The third-order valence-corrected chi connectivity index (χ3v) is 6.06. The molecule has 1 atom stereocenters. The number of amides is 2. The van der Waals surface area contributed by atoms with E-state index in [1.807, 2.05) is 9.80 Å². The molecule has 0 saturated carbocycles. The van der Waals surface area contributed by atoms with Crippen LogP contribution in [-0.4, -0.2) is 46.9 Å². The van der Waals surface area contributed by atoms with Crippen molar-refractivity contribution in [3.05, 3.63) is 11.3 Å². The molecule has 0 aliphatic carbocycles. The number of carbonyl (C=O) groups excluding carboxylic acids is 2. The number of nitrogens with one attached hydrogen (secondary N) is 1. The lowest BCUT2D eigenvalue weighted by molar-refractivity contribution is -0.128. The number of hydrogen-bond acceptors (Lipinski definition) is 4. The lowest BCUT2D eigenvalue weighted by atomic mass is 9.67. The highest BCUT2D eigenvalue weighted by molar-refractivity contribution is 5.85. The van der Waals surface area contributed by atoms with Crippen LogP contribution in [0.15, 0.2) is 11.3 Å². The number of nitrogens with zero attached hydrogens (tertiary/aromatic N) is 3. The van der Waals surface area contributed by atoms with E-state index in [4.69, 9.17) is 5.26 Å². The Morgan fingerprint density at radius 2 is 1.83 bits per heavy atom. The van der Waals surface area contributed by atoms with Gasteiger partial charge in [0.1, 0.15) is 0 Å². The molecule has 1 N–H and O–H groups in total. The summed E-state index contributed by atoms with van der Waals surface area (Å²) in [6.07, 6.45) is 0.934. The minimum atomic E-state index is -0.520. The zero-order chi connectivity index (χ0) is 17.9. The molecule has 1 unspecified atom stereocenters. The van der Waals surface area contributed by atoms with Gasteiger partial charge in [-0.15, -0.1) is 0 Å². The van der Waals surface area contributed by atoms with Gasteiger partial charge in [-0.2, -0.15) is 5.26 Å². The van der Waals surface area contributed by atoms with Crippen molar-refractivity contribution in [2.75, 3.05) is 19.8 Å². The summed E-state index contributed by atoms with van der Waals surface area (Å²) in [5, 5.41) is 12.3. The minimum absolute atomic E-state index is 0.0432. The molecule has 0 aromatic rings. The molecule has 0 aromatic carbocycles. The van der Waals surface area contributed by atoms with Gasteiger partial charge in [0, 0.05) is 35.9 Å². The van der Waals surface area contributed by atoms with Crippen LogP contribution < -0.4 is 5.32 Å². The van der Waals surface area contributed by atoms with Gasteiger partial charge < -0.3 is 10.2 Å². The van der Waals surface area contributed by atoms with Crippen LogP contribution in [-0.2, 0) is 9.59 Å². The minimum Gasteiger partial charge on any atom is -0.346 e. The Bertz CT molecular complexity index is 686. The van der Waals surface area contributed by atoms with Crippen molar-refractivity contribution < 1.29 is 9.59 Å². The largest absolute Gasteiger partial charge is 0.346 e. The Hall–Kier alpha value is -1.87. The van der Waals surface area contributed by atoms with Crippen molar-refractivity contribution in [1.29, 1.82) is 5.26 Å². The number of nitriles is 1. The predicted octanol–water partition coefficient (Wildman–Crippen LogP) is 1.60. The molecule has 2 fully saturated rings. The fourth-order valence-electron chi connectivity index (χ4n) is 4.47. The van der Waals surface area contributed by atoms with E-state index in [2.05, 4.69) is 46.0 Å². The van der Waals surface area contributed by atoms with Crippen LogP contribution in [0.5, 0.6) is 0 Å². The van der Waals surface area contributed by atoms with Crippen molar-refractivity contribution in [3.63, 3.8) is 0 Å². The second kappa shape index (κ2) is 5.06. The summed E-state index contributed by atoms with van der Waals surface area (Å²) in [5.41, 5.74) is 1.09. The monoisotopic (exact) mass is 330 g/mol. The second-order valence-corrected chi connectivity index (χ2v) is 8.73. The molecule has 24 heavy (non-hydrogen) atoms. The van der Waals surface area contributed by atoms with E-state index in [1.165, 1.54) is 0 Å². The quantitative estimate of drug-likeness (QED) is 0.780. The second-order valence-electron chi connectivity index (χ2n) is 8.73. The Kier molecular flexibility index (Phi) is 3.58. The van der Waals surface area contributed by atoms with Gasteiger partial charge >= 0.3 is 0 Å². The summed E-state index contributed by atoms with van der Waals surface area (Å²) in [4.78, 5) is 28.5. The standard InChI is InChI=1S/C18H26N4O2/c1-16(2)9-14(24)22-11-21(7-6-19)10-12(15(16)22)18(5)17(3,4)8-13(23)20-18/h7-11H2,1-5H3,(H,20,23).